The molecule has 2 rings (SSSR count). The first-order valence-corrected chi connectivity index (χ1v) is 6.80. The summed E-state index contributed by atoms with van der Waals surface area (Å²) in [4.78, 5) is 12.0. The normalized spacial score (nSPS) is 16.6. The van der Waals surface area contributed by atoms with Gasteiger partial charge >= 0.3 is 5.97 Å². The van der Waals surface area contributed by atoms with Crippen molar-refractivity contribution in [3.8, 4) is 0 Å². The molecule has 0 aliphatic heterocycles. The Labute approximate surface area is 113 Å². The number of aryl methyl sites for hydroxylation is 1. The predicted molar refractivity (Wildman–Crippen MR) is 72.5 cm³/mol. The van der Waals surface area contributed by atoms with Gasteiger partial charge in [0.2, 0.25) is 0 Å². The summed E-state index contributed by atoms with van der Waals surface area (Å²) in [7, 11) is 0. The lowest BCUT2D eigenvalue weighted by Crippen LogP contribution is -2.41. The molecule has 104 valence electrons. The molecule has 0 aromatic heterocycles. The van der Waals surface area contributed by atoms with Crippen LogP contribution in [0.2, 0.25) is 0 Å². The Morgan fingerprint density at radius 3 is 2.74 bits per heavy atom. The summed E-state index contributed by atoms with van der Waals surface area (Å²) >= 11 is 0. The molecule has 0 saturated heterocycles. The first-order chi connectivity index (χ1) is 9.10. The van der Waals surface area contributed by atoms with Crippen molar-refractivity contribution in [3.05, 3.63) is 29.6 Å². The van der Waals surface area contributed by atoms with Crippen molar-refractivity contribution in [2.45, 2.75) is 39.2 Å². The van der Waals surface area contributed by atoms with E-state index in [9.17, 15) is 9.18 Å². The second kappa shape index (κ2) is 6.04. The maximum absolute atomic E-state index is 13.4. The van der Waals surface area contributed by atoms with Crippen LogP contribution < -0.4 is 5.32 Å². The molecule has 1 aliphatic rings. The molecule has 3 nitrogen and oxygen atoms in total. The highest BCUT2D eigenvalue weighted by Gasteiger charge is 2.33. The maximum atomic E-state index is 13.4. The van der Waals surface area contributed by atoms with E-state index in [-0.39, 0.29) is 17.8 Å². The number of hydrogen-bond donors (Lipinski definition) is 1. The van der Waals surface area contributed by atoms with E-state index in [2.05, 4.69) is 5.32 Å². The van der Waals surface area contributed by atoms with Gasteiger partial charge in [0.05, 0.1) is 6.61 Å². The monoisotopic (exact) mass is 265 g/mol. The average molecular weight is 265 g/mol. The van der Waals surface area contributed by atoms with E-state index in [1.54, 1.807) is 6.92 Å². The molecule has 4 heteroatoms. The summed E-state index contributed by atoms with van der Waals surface area (Å²) in [6, 6.07) is 4.36. The third-order valence-corrected chi connectivity index (χ3v) is 3.53. The molecule has 1 unspecified atom stereocenters. The Morgan fingerprint density at radius 2 is 2.21 bits per heavy atom. The molecular formula is C15H20FNO2. The van der Waals surface area contributed by atoms with Gasteiger partial charge in [0, 0.05) is 5.69 Å². The first-order valence-electron chi connectivity index (χ1n) is 6.80. The number of rotatable bonds is 5. The number of carbonyl (C=O) groups is 1. The van der Waals surface area contributed by atoms with Gasteiger partial charge in [-0.05, 0) is 56.4 Å². The number of nitrogens with one attached hydrogen (secondary N) is 1. The second-order valence-corrected chi connectivity index (χ2v) is 5.08. The number of carbonyl (C=O) groups excluding carboxylic acids is 1. The number of hydrogen-bond acceptors (Lipinski definition) is 3. The van der Waals surface area contributed by atoms with Crippen LogP contribution in [0.4, 0.5) is 10.1 Å². The summed E-state index contributed by atoms with van der Waals surface area (Å²) in [6.07, 6.45) is 3.18. The van der Waals surface area contributed by atoms with Gasteiger partial charge in [-0.25, -0.2) is 9.18 Å². The van der Waals surface area contributed by atoms with Crippen molar-refractivity contribution < 1.29 is 13.9 Å². The van der Waals surface area contributed by atoms with Crippen LogP contribution in [0.25, 0.3) is 0 Å². The number of anilines is 1. The zero-order valence-electron chi connectivity index (χ0n) is 11.4. The van der Waals surface area contributed by atoms with Crippen LogP contribution in [0.3, 0.4) is 0 Å². The van der Waals surface area contributed by atoms with Crippen molar-refractivity contribution in [1.29, 1.82) is 0 Å². The standard InChI is InChI=1S/C15H20FNO2/c1-3-19-15(18)14(11-5-4-6-11)17-13-8-10(2)7-12(16)9-13/h7-9,11,14,17H,3-6H2,1-2H3. The van der Waals surface area contributed by atoms with E-state index in [0.29, 0.717) is 18.2 Å². The van der Waals surface area contributed by atoms with Crippen molar-refractivity contribution in [2.24, 2.45) is 5.92 Å². The van der Waals surface area contributed by atoms with E-state index in [1.165, 1.54) is 12.1 Å². The molecule has 19 heavy (non-hydrogen) atoms. The SMILES string of the molecule is CCOC(=O)C(Nc1cc(C)cc(F)c1)C1CCC1. The van der Waals surface area contributed by atoms with Gasteiger partial charge in [0.1, 0.15) is 11.9 Å². The quantitative estimate of drug-likeness (QED) is 0.830. The fourth-order valence-corrected chi connectivity index (χ4v) is 2.37. The highest BCUT2D eigenvalue weighted by atomic mass is 19.1. The molecule has 1 atom stereocenters. The van der Waals surface area contributed by atoms with Crippen LogP contribution in [0.15, 0.2) is 18.2 Å². The highest BCUT2D eigenvalue weighted by Crippen LogP contribution is 2.32. The van der Waals surface area contributed by atoms with Crippen LogP contribution >= 0.6 is 0 Å². The minimum absolute atomic E-state index is 0.242. The summed E-state index contributed by atoms with van der Waals surface area (Å²) in [6.45, 7) is 3.99. The lowest BCUT2D eigenvalue weighted by molar-refractivity contribution is -0.146. The molecule has 1 saturated carbocycles. The Balaban J connectivity index is 2.12. The van der Waals surface area contributed by atoms with Gasteiger partial charge in [0.25, 0.3) is 0 Å². The molecule has 0 bridgehead atoms. The van der Waals surface area contributed by atoms with E-state index in [4.69, 9.17) is 4.74 Å². The predicted octanol–water partition coefficient (Wildman–Crippen LogP) is 3.28. The molecule has 1 N–H and O–H groups in total. The molecule has 0 radical (unpaired) electrons. The highest BCUT2D eigenvalue weighted by molar-refractivity contribution is 5.80. The zero-order chi connectivity index (χ0) is 13.8. The Morgan fingerprint density at radius 1 is 1.47 bits per heavy atom. The van der Waals surface area contributed by atoms with E-state index < -0.39 is 0 Å². The summed E-state index contributed by atoms with van der Waals surface area (Å²) in [5, 5.41) is 3.13. The minimum Gasteiger partial charge on any atom is -0.464 e. The molecule has 0 spiro atoms. The first kappa shape index (κ1) is 13.8. The van der Waals surface area contributed by atoms with Crippen LogP contribution in [-0.2, 0) is 9.53 Å². The molecule has 1 aliphatic carbocycles. The Hall–Kier alpha value is -1.58. The van der Waals surface area contributed by atoms with Gasteiger partial charge in [-0.2, -0.15) is 0 Å². The van der Waals surface area contributed by atoms with Crippen molar-refractivity contribution >= 4 is 11.7 Å². The van der Waals surface area contributed by atoms with Crippen LogP contribution in [0, 0.1) is 18.7 Å². The fraction of sp³-hybridized carbons (Fsp3) is 0.533. The number of halogens is 1. The van der Waals surface area contributed by atoms with Gasteiger partial charge < -0.3 is 10.1 Å². The third-order valence-electron chi connectivity index (χ3n) is 3.53. The van der Waals surface area contributed by atoms with Crippen molar-refractivity contribution in [2.75, 3.05) is 11.9 Å². The fourth-order valence-electron chi connectivity index (χ4n) is 2.37. The maximum Gasteiger partial charge on any atom is 0.328 e. The van der Waals surface area contributed by atoms with Crippen LogP contribution in [0.5, 0.6) is 0 Å². The topological polar surface area (TPSA) is 38.3 Å². The van der Waals surface area contributed by atoms with Gasteiger partial charge in [0.15, 0.2) is 0 Å². The van der Waals surface area contributed by atoms with Crippen molar-refractivity contribution in [1.82, 2.24) is 0 Å². The van der Waals surface area contributed by atoms with E-state index in [1.807, 2.05) is 13.0 Å². The molecule has 1 aromatic carbocycles. The lowest BCUT2D eigenvalue weighted by atomic mass is 9.79. The molecular weight excluding hydrogens is 245 g/mol. The van der Waals surface area contributed by atoms with E-state index in [0.717, 1.165) is 24.8 Å². The lowest BCUT2D eigenvalue weighted by Gasteiger charge is -2.33. The van der Waals surface area contributed by atoms with Gasteiger partial charge in [-0.1, -0.05) is 6.42 Å². The third kappa shape index (κ3) is 3.46. The smallest absolute Gasteiger partial charge is 0.328 e. The summed E-state index contributed by atoms with van der Waals surface area (Å²) in [5.41, 5.74) is 1.47. The second-order valence-electron chi connectivity index (χ2n) is 5.08. The van der Waals surface area contributed by atoms with Gasteiger partial charge in [-0.3, -0.25) is 0 Å². The largest absolute Gasteiger partial charge is 0.464 e. The summed E-state index contributed by atoms with van der Waals surface area (Å²) in [5.74, 6) is -0.240. The number of benzene rings is 1. The molecule has 0 heterocycles. The number of ether oxygens (including phenoxy) is 1. The summed E-state index contributed by atoms with van der Waals surface area (Å²) < 4.78 is 18.5. The van der Waals surface area contributed by atoms with Crippen molar-refractivity contribution in [3.63, 3.8) is 0 Å². The molecule has 0 amide bonds. The average Bonchev–Trinajstić information content (AvgIpc) is 2.24. The Kier molecular flexibility index (Phi) is 4.40. The number of esters is 1. The van der Waals surface area contributed by atoms with Gasteiger partial charge in [-0.15, -0.1) is 0 Å². The van der Waals surface area contributed by atoms with E-state index >= 15 is 0 Å². The minimum atomic E-state index is -0.366. The Bertz CT molecular complexity index is 437. The van der Waals surface area contributed by atoms with Crippen LogP contribution in [-0.4, -0.2) is 18.6 Å². The zero-order valence-corrected chi connectivity index (χ0v) is 11.4. The molecule has 1 fully saturated rings. The van der Waals surface area contributed by atoms with Crippen LogP contribution in [0.1, 0.15) is 31.7 Å². The molecule has 1 aromatic rings.